The van der Waals surface area contributed by atoms with Crippen molar-refractivity contribution in [2.45, 2.75) is 32.5 Å². The van der Waals surface area contributed by atoms with Crippen LogP contribution in [-0.2, 0) is 6.18 Å². The van der Waals surface area contributed by atoms with Crippen LogP contribution in [0.25, 0.3) is 0 Å². The number of benzene rings is 1. The van der Waals surface area contributed by atoms with E-state index in [0.717, 1.165) is 12.1 Å². The molecule has 0 aliphatic heterocycles. The Morgan fingerprint density at radius 2 is 1.90 bits per heavy atom. The lowest BCUT2D eigenvalue weighted by atomic mass is 9.92. The van der Waals surface area contributed by atoms with E-state index in [2.05, 4.69) is 5.32 Å². The smallest absolute Gasteiger partial charge is 0.388 e. The van der Waals surface area contributed by atoms with Crippen molar-refractivity contribution < 1.29 is 27.5 Å². The quantitative estimate of drug-likeness (QED) is 0.840. The van der Waals surface area contributed by atoms with Gasteiger partial charge in [-0.1, -0.05) is 19.9 Å². The number of nitrogens with one attached hydrogen (secondary N) is 1. The maximum Gasteiger partial charge on any atom is 0.419 e. The van der Waals surface area contributed by atoms with Gasteiger partial charge in [0, 0.05) is 6.54 Å². The SMILES string of the molecule is CC(C)C(C)(O)CNC(=O)c1cccc(C(F)(F)F)c1F. The Hall–Kier alpha value is -1.63. The van der Waals surface area contributed by atoms with Crippen molar-refractivity contribution in [3.05, 3.63) is 35.1 Å². The first kappa shape index (κ1) is 17.4. The molecule has 0 aliphatic carbocycles. The number of carbonyl (C=O) groups is 1. The van der Waals surface area contributed by atoms with E-state index in [4.69, 9.17) is 0 Å². The van der Waals surface area contributed by atoms with Crippen molar-refractivity contribution in [1.82, 2.24) is 5.32 Å². The minimum Gasteiger partial charge on any atom is -0.388 e. The topological polar surface area (TPSA) is 49.3 Å². The van der Waals surface area contributed by atoms with Crippen LogP contribution in [0.2, 0.25) is 0 Å². The number of rotatable bonds is 4. The van der Waals surface area contributed by atoms with Crippen LogP contribution in [0, 0.1) is 11.7 Å². The highest BCUT2D eigenvalue weighted by Gasteiger charge is 2.36. The molecule has 2 N–H and O–H groups in total. The number of halogens is 4. The summed E-state index contributed by atoms with van der Waals surface area (Å²) in [5.41, 5.74) is -3.44. The fraction of sp³-hybridized carbons (Fsp3) is 0.500. The highest BCUT2D eigenvalue weighted by molar-refractivity contribution is 5.94. The van der Waals surface area contributed by atoms with Crippen molar-refractivity contribution >= 4 is 5.91 Å². The second-order valence-electron chi connectivity index (χ2n) is 5.36. The molecule has 118 valence electrons. The Labute approximate surface area is 120 Å². The van der Waals surface area contributed by atoms with E-state index in [-0.39, 0.29) is 12.5 Å². The second kappa shape index (κ2) is 6.01. The van der Waals surface area contributed by atoms with Crippen LogP contribution < -0.4 is 5.32 Å². The molecule has 0 spiro atoms. The molecule has 1 aromatic rings. The molecule has 21 heavy (non-hydrogen) atoms. The summed E-state index contributed by atoms with van der Waals surface area (Å²) in [6, 6.07) is 2.49. The first-order valence-corrected chi connectivity index (χ1v) is 6.33. The van der Waals surface area contributed by atoms with E-state index in [9.17, 15) is 27.5 Å². The maximum absolute atomic E-state index is 13.8. The summed E-state index contributed by atoms with van der Waals surface area (Å²) in [5.74, 6) is -2.81. The molecule has 0 saturated heterocycles. The van der Waals surface area contributed by atoms with Crippen LogP contribution in [0.3, 0.4) is 0 Å². The summed E-state index contributed by atoms with van der Waals surface area (Å²) >= 11 is 0. The molecular weight excluding hydrogens is 290 g/mol. The number of aliphatic hydroxyl groups is 1. The highest BCUT2D eigenvalue weighted by Crippen LogP contribution is 2.32. The molecule has 1 unspecified atom stereocenters. The van der Waals surface area contributed by atoms with Gasteiger partial charge in [0.05, 0.1) is 16.7 Å². The van der Waals surface area contributed by atoms with Crippen LogP contribution in [-0.4, -0.2) is 23.2 Å². The predicted octanol–water partition coefficient (Wildman–Crippen LogP) is 2.98. The lowest BCUT2D eigenvalue weighted by Crippen LogP contribution is -2.44. The molecule has 0 fully saturated rings. The van der Waals surface area contributed by atoms with E-state index < -0.39 is 34.6 Å². The number of hydrogen-bond acceptors (Lipinski definition) is 2. The lowest BCUT2D eigenvalue weighted by molar-refractivity contribution is -0.140. The highest BCUT2D eigenvalue weighted by atomic mass is 19.4. The molecule has 0 aromatic heterocycles. The normalized spacial score (nSPS) is 14.9. The Morgan fingerprint density at radius 3 is 2.38 bits per heavy atom. The zero-order chi connectivity index (χ0) is 16.4. The standard InChI is InChI=1S/C14H17F4NO2/c1-8(2)13(3,21)7-19-12(20)9-5-4-6-10(11(9)15)14(16,17)18/h4-6,8,21H,7H2,1-3H3,(H,19,20). The van der Waals surface area contributed by atoms with Crippen LogP contribution >= 0.6 is 0 Å². The van der Waals surface area contributed by atoms with E-state index in [1.54, 1.807) is 13.8 Å². The molecular formula is C14H17F4NO2. The third-order valence-corrected chi connectivity index (χ3v) is 3.40. The van der Waals surface area contributed by atoms with Gasteiger partial charge in [-0.3, -0.25) is 4.79 Å². The van der Waals surface area contributed by atoms with Crippen molar-refractivity contribution in [2.75, 3.05) is 6.54 Å². The summed E-state index contributed by atoms with van der Waals surface area (Å²) in [6.45, 7) is 4.72. The summed E-state index contributed by atoms with van der Waals surface area (Å²) in [6.07, 6.45) is -4.87. The maximum atomic E-state index is 13.8. The Bertz CT molecular complexity index is 524. The van der Waals surface area contributed by atoms with E-state index in [0.29, 0.717) is 6.07 Å². The second-order valence-corrected chi connectivity index (χ2v) is 5.36. The van der Waals surface area contributed by atoms with Crippen LogP contribution in [0.5, 0.6) is 0 Å². The minimum absolute atomic E-state index is 0.191. The zero-order valence-corrected chi connectivity index (χ0v) is 11.9. The molecule has 0 heterocycles. The third kappa shape index (κ3) is 4.17. The number of alkyl halides is 3. The van der Waals surface area contributed by atoms with Gasteiger partial charge in [0.2, 0.25) is 0 Å². The van der Waals surface area contributed by atoms with Gasteiger partial charge in [0.1, 0.15) is 5.82 Å². The monoisotopic (exact) mass is 307 g/mol. The molecule has 0 aliphatic rings. The molecule has 3 nitrogen and oxygen atoms in total. The Balaban J connectivity index is 2.95. The lowest BCUT2D eigenvalue weighted by Gasteiger charge is -2.27. The first-order valence-electron chi connectivity index (χ1n) is 6.33. The molecule has 0 saturated carbocycles. The van der Waals surface area contributed by atoms with Crippen molar-refractivity contribution in [1.29, 1.82) is 0 Å². The summed E-state index contributed by atoms with van der Waals surface area (Å²) < 4.78 is 51.4. The first-order chi connectivity index (χ1) is 9.47. The fourth-order valence-electron chi connectivity index (χ4n) is 1.48. The largest absolute Gasteiger partial charge is 0.419 e. The summed E-state index contributed by atoms with van der Waals surface area (Å²) in [5, 5.41) is 12.2. The van der Waals surface area contributed by atoms with Gasteiger partial charge in [-0.05, 0) is 25.0 Å². The van der Waals surface area contributed by atoms with Gasteiger partial charge in [-0.2, -0.15) is 13.2 Å². The number of hydrogen-bond donors (Lipinski definition) is 2. The van der Waals surface area contributed by atoms with E-state index >= 15 is 0 Å². The molecule has 1 atom stereocenters. The number of amides is 1. The Morgan fingerprint density at radius 1 is 1.33 bits per heavy atom. The van der Waals surface area contributed by atoms with Crippen LogP contribution in [0.1, 0.15) is 36.7 Å². The van der Waals surface area contributed by atoms with Gasteiger partial charge in [0.25, 0.3) is 5.91 Å². The summed E-state index contributed by atoms with van der Waals surface area (Å²) in [4.78, 5) is 11.8. The third-order valence-electron chi connectivity index (χ3n) is 3.40. The van der Waals surface area contributed by atoms with Crippen molar-refractivity contribution in [2.24, 2.45) is 5.92 Å². The molecule has 1 rings (SSSR count). The fourth-order valence-corrected chi connectivity index (χ4v) is 1.48. The summed E-state index contributed by atoms with van der Waals surface area (Å²) in [7, 11) is 0. The van der Waals surface area contributed by atoms with Crippen LogP contribution in [0.4, 0.5) is 17.6 Å². The minimum atomic E-state index is -4.87. The molecule has 7 heteroatoms. The van der Waals surface area contributed by atoms with Gasteiger partial charge in [-0.15, -0.1) is 0 Å². The van der Waals surface area contributed by atoms with Gasteiger partial charge < -0.3 is 10.4 Å². The average Bonchev–Trinajstić information content (AvgIpc) is 2.34. The molecule has 0 bridgehead atoms. The van der Waals surface area contributed by atoms with Gasteiger partial charge in [-0.25, -0.2) is 4.39 Å². The zero-order valence-electron chi connectivity index (χ0n) is 11.9. The predicted molar refractivity (Wildman–Crippen MR) is 69.2 cm³/mol. The van der Waals surface area contributed by atoms with Gasteiger partial charge >= 0.3 is 6.18 Å². The van der Waals surface area contributed by atoms with E-state index in [1.807, 2.05) is 0 Å². The average molecular weight is 307 g/mol. The number of carbonyl (C=O) groups excluding carboxylic acids is 1. The van der Waals surface area contributed by atoms with Gasteiger partial charge in [0.15, 0.2) is 0 Å². The molecule has 1 aromatic carbocycles. The Kier molecular flexibility index (Phi) is 4.99. The molecule has 1 amide bonds. The van der Waals surface area contributed by atoms with Crippen molar-refractivity contribution in [3.8, 4) is 0 Å². The molecule has 0 radical (unpaired) electrons. The van der Waals surface area contributed by atoms with Crippen LogP contribution in [0.15, 0.2) is 18.2 Å². The van der Waals surface area contributed by atoms with E-state index in [1.165, 1.54) is 6.92 Å². The van der Waals surface area contributed by atoms with Crippen molar-refractivity contribution in [3.63, 3.8) is 0 Å².